The summed E-state index contributed by atoms with van der Waals surface area (Å²) in [7, 11) is -0.604. The molecule has 2 aromatic carbocycles. The third-order valence-electron chi connectivity index (χ3n) is 5.17. The van der Waals surface area contributed by atoms with Gasteiger partial charge in [0.15, 0.2) is 0 Å². The number of anilines is 1. The van der Waals surface area contributed by atoms with Crippen LogP contribution in [0, 0.1) is 5.92 Å². The fourth-order valence-electron chi connectivity index (χ4n) is 3.47. The highest BCUT2D eigenvalue weighted by molar-refractivity contribution is 7.88. The summed E-state index contributed by atoms with van der Waals surface area (Å²) in [4.78, 5) is 12.9. The van der Waals surface area contributed by atoms with Crippen molar-refractivity contribution in [2.24, 2.45) is 5.92 Å². The number of benzene rings is 2. The third-order valence-corrected chi connectivity index (χ3v) is 7.55. The van der Waals surface area contributed by atoms with Crippen LogP contribution < -0.4 is 14.8 Å². The lowest BCUT2D eigenvalue weighted by atomic mass is 9.98. The van der Waals surface area contributed by atoms with E-state index in [1.807, 2.05) is 0 Å². The Morgan fingerprint density at radius 2 is 1.94 bits per heavy atom. The number of rotatable bonds is 7. The van der Waals surface area contributed by atoms with Crippen LogP contribution in [0.25, 0.3) is 0 Å². The molecule has 3 rings (SSSR count). The molecular weight excluding hydrogens is 463 g/mol. The van der Waals surface area contributed by atoms with Gasteiger partial charge in [-0.25, -0.2) is 12.7 Å². The molecule has 1 atom stereocenters. The summed E-state index contributed by atoms with van der Waals surface area (Å²) in [5.74, 6) is 0.0869. The number of ether oxygens (including phenoxy) is 2. The number of carbonyl (C=O) groups is 1. The molecule has 0 radical (unpaired) electrons. The van der Waals surface area contributed by atoms with Crippen LogP contribution >= 0.6 is 23.2 Å². The number of piperidine rings is 1. The number of sulfonamides is 1. The molecule has 10 heteroatoms. The second kappa shape index (κ2) is 10.1. The second-order valence-electron chi connectivity index (χ2n) is 7.24. The van der Waals surface area contributed by atoms with Crippen molar-refractivity contribution in [2.45, 2.75) is 18.6 Å². The van der Waals surface area contributed by atoms with Crippen LogP contribution in [0.4, 0.5) is 5.69 Å². The van der Waals surface area contributed by atoms with Gasteiger partial charge in [-0.2, -0.15) is 0 Å². The van der Waals surface area contributed by atoms with Crippen LogP contribution in [-0.4, -0.2) is 45.9 Å². The summed E-state index contributed by atoms with van der Waals surface area (Å²) in [6.45, 7) is 0.473. The number of nitrogens with one attached hydrogen (secondary N) is 1. The summed E-state index contributed by atoms with van der Waals surface area (Å²) >= 11 is 12.0. The molecule has 0 aliphatic carbocycles. The molecule has 0 saturated carbocycles. The maximum atomic E-state index is 13.0. The average Bonchev–Trinajstić information content (AvgIpc) is 2.76. The molecular formula is C21H24Cl2N2O5S. The van der Waals surface area contributed by atoms with E-state index >= 15 is 0 Å². The molecule has 1 aliphatic heterocycles. The van der Waals surface area contributed by atoms with E-state index in [0.29, 0.717) is 52.2 Å². The molecule has 168 valence electrons. The second-order valence-corrected chi connectivity index (χ2v) is 10.1. The molecule has 7 nitrogen and oxygen atoms in total. The Kier molecular flexibility index (Phi) is 7.69. The maximum absolute atomic E-state index is 13.0. The van der Waals surface area contributed by atoms with Crippen LogP contribution in [0.15, 0.2) is 36.4 Å². The Morgan fingerprint density at radius 1 is 1.16 bits per heavy atom. The molecule has 1 aliphatic rings. The molecule has 1 amide bonds. The smallest absolute Gasteiger partial charge is 0.228 e. The van der Waals surface area contributed by atoms with E-state index in [4.69, 9.17) is 32.7 Å². The Hall–Kier alpha value is -2.00. The van der Waals surface area contributed by atoms with Crippen LogP contribution in [0.1, 0.15) is 18.4 Å². The lowest BCUT2D eigenvalue weighted by molar-refractivity contribution is -0.120. The monoisotopic (exact) mass is 486 g/mol. The van der Waals surface area contributed by atoms with Crippen molar-refractivity contribution in [1.29, 1.82) is 0 Å². The molecule has 1 saturated heterocycles. The Bertz CT molecular complexity index is 1060. The summed E-state index contributed by atoms with van der Waals surface area (Å²) < 4.78 is 37.8. The van der Waals surface area contributed by atoms with Crippen molar-refractivity contribution < 1.29 is 22.7 Å². The van der Waals surface area contributed by atoms with Gasteiger partial charge in [0.25, 0.3) is 0 Å². The largest absolute Gasteiger partial charge is 0.497 e. The SMILES string of the molecule is COc1ccc(NC(=O)C2CCCN(S(=O)(=O)Cc3ccc(Cl)cc3Cl)C2)c(OC)c1. The molecule has 1 unspecified atom stereocenters. The fraction of sp³-hybridized carbons (Fsp3) is 0.381. The number of amides is 1. The van der Waals surface area contributed by atoms with Crippen molar-refractivity contribution in [3.05, 3.63) is 52.0 Å². The van der Waals surface area contributed by atoms with Gasteiger partial charge in [0.1, 0.15) is 11.5 Å². The highest BCUT2D eigenvalue weighted by Crippen LogP contribution is 2.31. The molecule has 0 aromatic heterocycles. The van der Waals surface area contributed by atoms with Gasteiger partial charge < -0.3 is 14.8 Å². The Labute approximate surface area is 192 Å². The van der Waals surface area contributed by atoms with E-state index in [2.05, 4.69) is 5.32 Å². The van der Waals surface area contributed by atoms with Crippen LogP contribution in [-0.2, 0) is 20.6 Å². The number of methoxy groups -OCH3 is 2. The van der Waals surface area contributed by atoms with E-state index in [9.17, 15) is 13.2 Å². The maximum Gasteiger partial charge on any atom is 0.228 e. The Morgan fingerprint density at radius 3 is 2.61 bits per heavy atom. The lowest BCUT2D eigenvalue weighted by Crippen LogP contribution is -2.44. The molecule has 1 N–H and O–H groups in total. The van der Waals surface area contributed by atoms with Gasteiger partial charge in [-0.1, -0.05) is 29.3 Å². The topological polar surface area (TPSA) is 84.9 Å². The first-order valence-electron chi connectivity index (χ1n) is 9.68. The van der Waals surface area contributed by atoms with E-state index in [-0.39, 0.29) is 18.2 Å². The zero-order valence-electron chi connectivity index (χ0n) is 17.2. The van der Waals surface area contributed by atoms with Crippen molar-refractivity contribution in [2.75, 3.05) is 32.6 Å². The highest BCUT2D eigenvalue weighted by Gasteiger charge is 2.33. The average molecular weight is 487 g/mol. The van der Waals surface area contributed by atoms with Crippen LogP contribution in [0.3, 0.4) is 0 Å². The van der Waals surface area contributed by atoms with Crippen LogP contribution in [0.2, 0.25) is 10.0 Å². The summed E-state index contributed by atoms with van der Waals surface area (Å²) in [5.41, 5.74) is 0.974. The van der Waals surface area contributed by atoms with Gasteiger partial charge >= 0.3 is 0 Å². The van der Waals surface area contributed by atoms with E-state index in [1.165, 1.54) is 17.5 Å². The summed E-state index contributed by atoms with van der Waals surface area (Å²) in [6, 6.07) is 9.80. The fourth-order valence-corrected chi connectivity index (χ4v) is 5.67. The quantitative estimate of drug-likeness (QED) is 0.633. The zero-order chi connectivity index (χ0) is 22.6. The predicted molar refractivity (Wildman–Crippen MR) is 122 cm³/mol. The van der Waals surface area contributed by atoms with Gasteiger partial charge in [-0.15, -0.1) is 0 Å². The molecule has 31 heavy (non-hydrogen) atoms. The van der Waals surface area contributed by atoms with E-state index < -0.39 is 15.9 Å². The molecule has 1 fully saturated rings. The van der Waals surface area contributed by atoms with Gasteiger partial charge in [0.2, 0.25) is 15.9 Å². The van der Waals surface area contributed by atoms with Crippen molar-refractivity contribution in [3.8, 4) is 11.5 Å². The summed E-state index contributed by atoms with van der Waals surface area (Å²) in [5, 5.41) is 3.58. The van der Waals surface area contributed by atoms with Gasteiger partial charge in [-0.3, -0.25) is 4.79 Å². The van der Waals surface area contributed by atoms with Crippen molar-refractivity contribution >= 4 is 44.8 Å². The Balaban J connectivity index is 1.70. The minimum absolute atomic E-state index is 0.109. The zero-order valence-corrected chi connectivity index (χ0v) is 19.6. The number of hydrogen-bond donors (Lipinski definition) is 1. The number of nitrogens with zero attached hydrogens (tertiary/aromatic N) is 1. The number of halogens is 2. The van der Waals surface area contributed by atoms with E-state index in [0.717, 1.165) is 0 Å². The summed E-state index contributed by atoms with van der Waals surface area (Å²) in [6.07, 6.45) is 1.18. The third kappa shape index (κ3) is 5.83. The molecule has 1 heterocycles. The molecule has 0 spiro atoms. The standard InChI is InChI=1S/C21H24Cl2N2O5S/c1-29-17-7-8-19(20(11-17)30-2)24-21(26)14-4-3-9-25(12-14)31(27,28)13-15-5-6-16(22)10-18(15)23/h5-8,10-11,14H,3-4,9,12-13H2,1-2H3,(H,24,26). The predicted octanol–water partition coefficient (Wildman–Crippen LogP) is 4.19. The van der Waals surface area contributed by atoms with Crippen molar-refractivity contribution in [1.82, 2.24) is 4.31 Å². The lowest BCUT2D eigenvalue weighted by Gasteiger charge is -2.31. The first kappa shape index (κ1) is 23.7. The van der Waals surface area contributed by atoms with Gasteiger partial charge in [0, 0.05) is 29.2 Å². The number of carbonyl (C=O) groups excluding carboxylic acids is 1. The first-order valence-corrected chi connectivity index (χ1v) is 12.0. The van der Waals surface area contributed by atoms with Gasteiger partial charge in [-0.05, 0) is 42.7 Å². The molecule has 0 bridgehead atoms. The first-order chi connectivity index (χ1) is 14.7. The van der Waals surface area contributed by atoms with Gasteiger partial charge in [0.05, 0.1) is 31.6 Å². The molecule has 2 aromatic rings. The van der Waals surface area contributed by atoms with Crippen LogP contribution in [0.5, 0.6) is 11.5 Å². The number of hydrogen-bond acceptors (Lipinski definition) is 5. The minimum Gasteiger partial charge on any atom is -0.497 e. The van der Waals surface area contributed by atoms with Crippen molar-refractivity contribution in [3.63, 3.8) is 0 Å². The normalized spacial score (nSPS) is 17.2. The highest BCUT2D eigenvalue weighted by atomic mass is 35.5. The van der Waals surface area contributed by atoms with E-state index in [1.54, 1.807) is 37.4 Å². The minimum atomic E-state index is -3.65.